The first kappa shape index (κ1) is 14.3. The number of ether oxygens (including phenoxy) is 1. The van der Waals surface area contributed by atoms with Crippen molar-refractivity contribution in [3.63, 3.8) is 0 Å². The molecule has 1 unspecified atom stereocenters. The summed E-state index contributed by atoms with van der Waals surface area (Å²) >= 11 is 3.33. The minimum absolute atomic E-state index is 0.135. The Kier molecular flexibility index (Phi) is 3.57. The summed E-state index contributed by atoms with van der Waals surface area (Å²) in [4.78, 5) is 0. The average Bonchev–Trinajstić information content (AvgIpc) is 2.46. The van der Waals surface area contributed by atoms with Crippen molar-refractivity contribution >= 4 is 21.6 Å². The Hall–Kier alpha value is -1.69. The smallest absolute Gasteiger partial charge is 0.420 e. The van der Waals surface area contributed by atoms with Gasteiger partial charge in [-0.15, -0.1) is 0 Å². The number of nitrogens with one attached hydrogen (secondary N) is 1. The zero-order valence-corrected chi connectivity index (χ0v) is 12.3. The second-order valence-corrected chi connectivity index (χ2v) is 5.63. The van der Waals surface area contributed by atoms with Gasteiger partial charge in [-0.3, -0.25) is 0 Å². The summed E-state index contributed by atoms with van der Waals surface area (Å²) in [6.45, 7) is 0.427. The number of hydrogen-bond acceptors (Lipinski definition) is 2. The molecule has 6 heteroatoms. The monoisotopic (exact) mass is 357 g/mol. The molecule has 0 aliphatic carbocycles. The number of alkyl halides is 3. The molecule has 0 bridgehead atoms. The van der Waals surface area contributed by atoms with Crippen LogP contribution in [0.15, 0.2) is 46.9 Å². The molecule has 0 radical (unpaired) electrons. The number of fused-ring (bicyclic) bond motifs is 1. The summed E-state index contributed by atoms with van der Waals surface area (Å²) in [5.41, 5.74) is 0.445. The van der Waals surface area contributed by atoms with Gasteiger partial charge in [0, 0.05) is 4.47 Å². The van der Waals surface area contributed by atoms with E-state index in [1.807, 2.05) is 24.3 Å². The molecule has 1 atom stereocenters. The molecule has 3 rings (SSSR count). The fourth-order valence-corrected chi connectivity index (χ4v) is 2.54. The summed E-state index contributed by atoms with van der Waals surface area (Å²) in [6, 6.07) is 11.3. The minimum atomic E-state index is -4.44. The van der Waals surface area contributed by atoms with Crippen LogP contribution in [0, 0.1) is 0 Å². The van der Waals surface area contributed by atoms with Crippen molar-refractivity contribution in [2.24, 2.45) is 0 Å². The van der Waals surface area contributed by atoms with Crippen LogP contribution in [0.4, 0.5) is 18.9 Å². The fraction of sp³-hybridized carbons (Fsp3) is 0.200. The van der Waals surface area contributed by atoms with Crippen molar-refractivity contribution in [3.8, 4) is 5.75 Å². The fourth-order valence-electron chi connectivity index (χ4n) is 2.28. The lowest BCUT2D eigenvalue weighted by atomic mass is 10.1. The molecule has 0 spiro atoms. The number of para-hydroxylation sites is 1. The van der Waals surface area contributed by atoms with E-state index in [9.17, 15) is 13.2 Å². The molecule has 0 saturated heterocycles. The Labute approximate surface area is 128 Å². The third kappa shape index (κ3) is 2.85. The normalized spacial score (nSPS) is 17.6. The van der Waals surface area contributed by atoms with E-state index in [0.717, 1.165) is 16.1 Å². The molecule has 110 valence electrons. The summed E-state index contributed by atoms with van der Waals surface area (Å²) in [6.07, 6.45) is -4.89. The van der Waals surface area contributed by atoms with Crippen molar-refractivity contribution in [1.29, 1.82) is 0 Å². The van der Waals surface area contributed by atoms with Crippen LogP contribution in [-0.4, -0.2) is 6.54 Å². The molecule has 1 heterocycles. The zero-order chi connectivity index (χ0) is 15.0. The highest BCUT2D eigenvalue weighted by atomic mass is 79.9. The Bertz CT molecular complexity index is 655. The second kappa shape index (κ2) is 5.26. The molecule has 1 aliphatic rings. The maximum absolute atomic E-state index is 13.0. The van der Waals surface area contributed by atoms with Crippen molar-refractivity contribution < 1.29 is 17.9 Å². The van der Waals surface area contributed by atoms with E-state index in [2.05, 4.69) is 21.2 Å². The van der Waals surface area contributed by atoms with Gasteiger partial charge in [-0.1, -0.05) is 34.1 Å². The Morgan fingerprint density at radius 3 is 2.48 bits per heavy atom. The predicted octanol–water partition coefficient (Wildman–Crippen LogP) is 5.01. The highest BCUT2D eigenvalue weighted by Gasteiger charge is 2.37. The van der Waals surface area contributed by atoms with Crippen molar-refractivity contribution in [2.75, 3.05) is 11.9 Å². The number of rotatable bonds is 1. The summed E-state index contributed by atoms with van der Waals surface area (Å²) in [7, 11) is 0. The molecule has 0 fully saturated rings. The van der Waals surface area contributed by atoms with Gasteiger partial charge < -0.3 is 10.1 Å². The largest absolute Gasteiger partial charge is 0.481 e. The zero-order valence-electron chi connectivity index (χ0n) is 10.7. The van der Waals surface area contributed by atoms with Crippen LogP contribution in [0.1, 0.15) is 17.2 Å². The molecule has 0 saturated carbocycles. The second-order valence-electron chi connectivity index (χ2n) is 4.72. The SMILES string of the molecule is FC(F)(F)c1cccc2c1OC(c1ccc(Br)cc1)CN2. The lowest BCUT2D eigenvalue weighted by Gasteiger charge is -2.29. The van der Waals surface area contributed by atoms with Crippen LogP contribution in [0.3, 0.4) is 0 Å². The quantitative estimate of drug-likeness (QED) is 0.774. The highest BCUT2D eigenvalue weighted by Crippen LogP contribution is 2.44. The van der Waals surface area contributed by atoms with Crippen LogP contribution >= 0.6 is 15.9 Å². The molecular formula is C15H11BrF3NO. The van der Waals surface area contributed by atoms with Gasteiger partial charge >= 0.3 is 6.18 Å². The van der Waals surface area contributed by atoms with E-state index in [4.69, 9.17) is 4.74 Å². The minimum Gasteiger partial charge on any atom is -0.481 e. The summed E-state index contributed by atoms with van der Waals surface area (Å²) < 4.78 is 45.7. The molecule has 0 aromatic heterocycles. The Morgan fingerprint density at radius 1 is 1.10 bits per heavy atom. The van der Waals surface area contributed by atoms with Crippen LogP contribution in [0.5, 0.6) is 5.75 Å². The first-order valence-corrected chi connectivity index (χ1v) is 7.10. The molecule has 2 aromatic rings. The summed E-state index contributed by atoms with van der Waals surface area (Å²) in [5.74, 6) is -0.135. The number of halogens is 4. The number of benzene rings is 2. The van der Waals surface area contributed by atoms with Gasteiger partial charge in [0.25, 0.3) is 0 Å². The molecule has 1 aliphatic heterocycles. The van der Waals surface area contributed by atoms with Crippen molar-refractivity contribution in [3.05, 3.63) is 58.1 Å². The maximum atomic E-state index is 13.0. The van der Waals surface area contributed by atoms with Gasteiger partial charge in [0.1, 0.15) is 6.10 Å². The third-order valence-electron chi connectivity index (χ3n) is 3.30. The Morgan fingerprint density at radius 2 is 1.81 bits per heavy atom. The lowest BCUT2D eigenvalue weighted by molar-refractivity contribution is -0.139. The van der Waals surface area contributed by atoms with E-state index >= 15 is 0 Å². The van der Waals surface area contributed by atoms with Crippen LogP contribution in [-0.2, 0) is 6.18 Å². The molecular weight excluding hydrogens is 347 g/mol. The average molecular weight is 358 g/mol. The molecule has 1 N–H and O–H groups in total. The molecule has 2 nitrogen and oxygen atoms in total. The molecule has 21 heavy (non-hydrogen) atoms. The number of anilines is 1. The van der Waals surface area contributed by atoms with Crippen molar-refractivity contribution in [2.45, 2.75) is 12.3 Å². The maximum Gasteiger partial charge on any atom is 0.420 e. The van der Waals surface area contributed by atoms with Gasteiger partial charge in [0.2, 0.25) is 0 Å². The number of hydrogen-bond donors (Lipinski definition) is 1. The van der Waals surface area contributed by atoms with Crippen LogP contribution in [0.25, 0.3) is 0 Å². The van der Waals surface area contributed by atoms with Gasteiger partial charge in [0.05, 0.1) is 17.8 Å². The first-order chi connectivity index (χ1) is 9.95. The van der Waals surface area contributed by atoms with E-state index in [1.54, 1.807) is 6.07 Å². The van der Waals surface area contributed by atoms with Gasteiger partial charge in [0.15, 0.2) is 5.75 Å². The molecule has 0 amide bonds. The first-order valence-electron chi connectivity index (χ1n) is 6.31. The van der Waals surface area contributed by atoms with Gasteiger partial charge in [-0.2, -0.15) is 13.2 Å². The summed E-state index contributed by atoms with van der Waals surface area (Å²) in [5, 5.41) is 3.00. The van der Waals surface area contributed by atoms with Gasteiger partial charge in [-0.05, 0) is 29.8 Å². The van der Waals surface area contributed by atoms with E-state index in [-0.39, 0.29) is 5.75 Å². The van der Waals surface area contributed by atoms with Crippen molar-refractivity contribution in [1.82, 2.24) is 0 Å². The van der Waals surface area contributed by atoms with E-state index < -0.39 is 17.8 Å². The Balaban J connectivity index is 1.96. The topological polar surface area (TPSA) is 21.3 Å². The molecule has 2 aromatic carbocycles. The standard InChI is InChI=1S/C15H11BrF3NO/c16-10-6-4-9(5-7-10)13-8-20-12-3-1-2-11(14(12)21-13)15(17,18)19/h1-7,13,20H,8H2. The highest BCUT2D eigenvalue weighted by molar-refractivity contribution is 9.10. The van der Waals surface area contributed by atoms with Crippen LogP contribution < -0.4 is 10.1 Å². The van der Waals surface area contributed by atoms with E-state index in [0.29, 0.717) is 12.2 Å². The lowest BCUT2D eigenvalue weighted by Crippen LogP contribution is -2.25. The third-order valence-corrected chi connectivity index (χ3v) is 3.83. The predicted molar refractivity (Wildman–Crippen MR) is 77.4 cm³/mol. The van der Waals surface area contributed by atoms with E-state index in [1.165, 1.54) is 6.07 Å². The van der Waals surface area contributed by atoms with Gasteiger partial charge in [-0.25, -0.2) is 0 Å². The van der Waals surface area contributed by atoms with Crippen LogP contribution in [0.2, 0.25) is 0 Å².